The van der Waals surface area contributed by atoms with Crippen molar-refractivity contribution in [2.75, 3.05) is 13.2 Å². The monoisotopic (exact) mass is 1040 g/mol. The second kappa shape index (κ2) is 62.3. The molecule has 0 aliphatic rings. The molecule has 0 heterocycles. The van der Waals surface area contributed by atoms with Gasteiger partial charge in [0, 0.05) is 19.3 Å². The van der Waals surface area contributed by atoms with Gasteiger partial charge in [0.25, 0.3) is 0 Å². The van der Waals surface area contributed by atoms with Crippen LogP contribution in [0.5, 0.6) is 0 Å². The van der Waals surface area contributed by atoms with E-state index in [2.05, 4.69) is 191 Å². The minimum absolute atomic E-state index is 0.118. The van der Waals surface area contributed by atoms with E-state index in [1.54, 1.807) is 0 Å². The standard InChI is InChI=1S/C70H108O6/c1-4-7-10-13-16-19-22-25-28-29-30-31-32-33-34-35-36-37-38-39-40-41-43-45-48-51-54-57-60-63-69(72)75-66-67(65-74-68(71)62-59-56-53-50-47-44-27-24-21-18-15-12-9-6-3)76-70(73)64-61-58-55-52-49-46-42-26-23-20-17-14-11-8-5-2/h7-8,10-11,15-20,24-28,30-31,33-34,36-37,39-40,42-43,45,51,54,67H,4-6,9,12-14,21-23,29,32,35,38,41,44,46-50,52-53,55-66H2,1-3H3/b10-7-,11-8-,18-15-,19-16-,20-17-,27-24-,28-25-,31-30-,34-33-,37-36-,40-39-,42-26-,45-43-,54-51-. The maximum absolute atomic E-state index is 12.9. The highest BCUT2D eigenvalue weighted by Gasteiger charge is 2.19. The zero-order valence-corrected chi connectivity index (χ0v) is 48.4. The molecule has 0 radical (unpaired) electrons. The third-order valence-electron chi connectivity index (χ3n) is 11.9. The number of unbranched alkanes of at least 4 members (excludes halogenated alkanes) is 13. The number of ether oxygens (including phenoxy) is 3. The summed E-state index contributed by atoms with van der Waals surface area (Å²) in [7, 11) is 0. The number of carbonyl (C=O) groups excluding carboxylic acids is 3. The molecule has 76 heavy (non-hydrogen) atoms. The van der Waals surface area contributed by atoms with Gasteiger partial charge in [-0.1, -0.05) is 242 Å². The molecular weight excluding hydrogens is 937 g/mol. The Morgan fingerprint density at radius 2 is 0.526 bits per heavy atom. The first-order chi connectivity index (χ1) is 37.5. The smallest absolute Gasteiger partial charge is 0.306 e. The number of carbonyl (C=O) groups is 3. The van der Waals surface area contributed by atoms with Gasteiger partial charge in [0.05, 0.1) is 0 Å². The van der Waals surface area contributed by atoms with Crippen LogP contribution in [0.3, 0.4) is 0 Å². The van der Waals surface area contributed by atoms with Crippen LogP contribution in [0.25, 0.3) is 0 Å². The van der Waals surface area contributed by atoms with Crippen LogP contribution in [0.15, 0.2) is 170 Å². The predicted molar refractivity (Wildman–Crippen MR) is 329 cm³/mol. The van der Waals surface area contributed by atoms with Crippen molar-refractivity contribution in [3.63, 3.8) is 0 Å². The van der Waals surface area contributed by atoms with Crippen LogP contribution in [0, 0.1) is 0 Å². The molecule has 0 aliphatic heterocycles. The van der Waals surface area contributed by atoms with E-state index in [1.165, 1.54) is 19.3 Å². The molecule has 0 saturated heterocycles. The first kappa shape index (κ1) is 70.8. The summed E-state index contributed by atoms with van der Waals surface area (Å²) in [5.74, 6) is -1.02. The summed E-state index contributed by atoms with van der Waals surface area (Å²) in [4.78, 5) is 38.2. The van der Waals surface area contributed by atoms with Gasteiger partial charge in [-0.05, 0) is 141 Å². The zero-order valence-electron chi connectivity index (χ0n) is 48.4. The Kier molecular flexibility index (Phi) is 58.0. The summed E-state index contributed by atoms with van der Waals surface area (Å²) in [6.07, 6.45) is 92.1. The van der Waals surface area contributed by atoms with Crippen LogP contribution in [-0.2, 0) is 28.6 Å². The Labute approximate surface area is 466 Å². The molecule has 0 bridgehead atoms. The molecule has 0 N–H and O–H groups in total. The van der Waals surface area contributed by atoms with E-state index < -0.39 is 6.10 Å². The van der Waals surface area contributed by atoms with Crippen LogP contribution in [0.2, 0.25) is 0 Å². The molecule has 0 aromatic rings. The van der Waals surface area contributed by atoms with Crippen molar-refractivity contribution in [2.45, 2.75) is 239 Å². The first-order valence-corrected chi connectivity index (χ1v) is 30.1. The first-order valence-electron chi connectivity index (χ1n) is 30.1. The zero-order chi connectivity index (χ0) is 55.0. The Bertz CT molecular complexity index is 1770. The molecule has 1 atom stereocenters. The highest BCUT2D eigenvalue weighted by molar-refractivity contribution is 5.71. The second-order valence-corrected chi connectivity index (χ2v) is 19.1. The van der Waals surface area contributed by atoms with E-state index in [4.69, 9.17) is 14.2 Å². The summed E-state index contributed by atoms with van der Waals surface area (Å²) in [6, 6.07) is 0. The van der Waals surface area contributed by atoms with Crippen molar-refractivity contribution in [1.82, 2.24) is 0 Å². The van der Waals surface area contributed by atoms with E-state index in [0.717, 1.165) is 167 Å². The molecule has 0 amide bonds. The highest BCUT2D eigenvalue weighted by Crippen LogP contribution is 2.13. The highest BCUT2D eigenvalue weighted by atomic mass is 16.6. The number of esters is 3. The molecule has 0 fully saturated rings. The lowest BCUT2D eigenvalue weighted by atomic mass is 10.1. The van der Waals surface area contributed by atoms with Crippen LogP contribution in [0.4, 0.5) is 0 Å². The van der Waals surface area contributed by atoms with Gasteiger partial charge in [0.2, 0.25) is 0 Å². The number of allylic oxidation sites excluding steroid dienone is 28. The van der Waals surface area contributed by atoms with Crippen molar-refractivity contribution < 1.29 is 28.6 Å². The fraction of sp³-hybridized carbons (Fsp3) is 0.557. The number of hydrogen-bond donors (Lipinski definition) is 0. The lowest BCUT2D eigenvalue weighted by molar-refractivity contribution is -0.167. The van der Waals surface area contributed by atoms with Gasteiger partial charge in [0.1, 0.15) is 13.2 Å². The second-order valence-electron chi connectivity index (χ2n) is 19.1. The number of rotatable bonds is 52. The van der Waals surface area contributed by atoms with Crippen molar-refractivity contribution in [3.05, 3.63) is 170 Å². The van der Waals surface area contributed by atoms with E-state index in [-0.39, 0.29) is 44.0 Å². The molecule has 0 rings (SSSR count). The minimum atomic E-state index is -0.826. The summed E-state index contributed by atoms with van der Waals surface area (Å²) in [5, 5.41) is 0. The molecule has 6 nitrogen and oxygen atoms in total. The lowest BCUT2D eigenvalue weighted by Crippen LogP contribution is -2.30. The maximum Gasteiger partial charge on any atom is 0.306 e. The molecule has 6 heteroatoms. The maximum atomic E-state index is 12.9. The Morgan fingerprint density at radius 3 is 0.855 bits per heavy atom. The number of hydrogen-bond acceptors (Lipinski definition) is 6. The Morgan fingerprint density at radius 1 is 0.276 bits per heavy atom. The van der Waals surface area contributed by atoms with Crippen molar-refractivity contribution in [3.8, 4) is 0 Å². The topological polar surface area (TPSA) is 78.9 Å². The Hall–Kier alpha value is -5.23. The molecule has 0 aromatic carbocycles. The minimum Gasteiger partial charge on any atom is -0.462 e. The average Bonchev–Trinajstić information content (AvgIpc) is 3.42. The van der Waals surface area contributed by atoms with Crippen molar-refractivity contribution >= 4 is 17.9 Å². The van der Waals surface area contributed by atoms with Crippen LogP contribution >= 0.6 is 0 Å². The average molecular weight is 1050 g/mol. The van der Waals surface area contributed by atoms with Crippen molar-refractivity contribution in [2.24, 2.45) is 0 Å². The fourth-order valence-electron chi connectivity index (χ4n) is 7.47. The van der Waals surface area contributed by atoms with E-state index in [1.807, 2.05) is 0 Å². The van der Waals surface area contributed by atoms with Crippen LogP contribution in [0.1, 0.15) is 233 Å². The van der Waals surface area contributed by atoms with Gasteiger partial charge in [-0.3, -0.25) is 14.4 Å². The summed E-state index contributed by atoms with van der Waals surface area (Å²) < 4.78 is 16.8. The van der Waals surface area contributed by atoms with Crippen LogP contribution in [-0.4, -0.2) is 37.2 Å². The molecule has 0 aliphatic carbocycles. The lowest BCUT2D eigenvalue weighted by Gasteiger charge is -2.18. The third-order valence-corrected chi connectivity index (χ3v) is 11.9. The molecular formula is C70H108O6. The summed E-state index contributed by atoms with van der Waals surface area (Å²) >= 11 is 0. The van der Waals surface area contributed by atoms with Gasteiger partial charge in [-0.15, -0.1) is 0 Å². The largest absolute Gasteiger partial charge is 0.462 e. The summed E-state index contributed by atoms with van der Waals surface area (Å²) in [6.45, 7) is 6.28. The van der Waals surface area contributed by atoms with Gasteiger partial charge >= 0.3 is 17.9 Å². The summed E-state index contributed by atoms with van der Waals surface area (Å²) in [5.41, 5.74) is 0. The molecule has 424 valence electrons. The fourth-order valence-corrected chi connectivity index (χ4v) is 7.47. The molecule has 0 aromatic heterocycles. The van der Waals surface area contributed by atoms with Gasteiger partial charge in [-0.2, -0.15) is 0 Å². The molecule has 0 spiro atoms. The van der Waals surface area contributed by atoms with E-state index >= 15 is 0 Å². The van der Waals surface area contributed by atoms with Crippen molar-refractivity contribution in [1.29, 1.82) is 0 Å². The SMILES string of the molecule is CC/C=C\C/C=C\C/C=C\C/C=C\C/C=C\C/C=C\C/C=C\C/C=C\C/C=C\CCCC(=O)OCC(COC(=O)CCCCCCC/C=C\C/C=C\CCCC)OC(=O)CCCCCCC/C=C\C/C=C\C/C=C\CC. The van der Waals surface area contributed by atoms with E-state index in [9.17, 15) is 14.4 Å². The van der Waals surface area contributed by atoms with Gasteiger partial charge in [0.15, 0.2) is 6.10 Å². The van der Waals surface area contributed by atoms with Crippen LogP contribution < -0.4 is 0 Å². The predicted octanol–water partition coefficient (Wildman–Crippen LogP) is 20.7. The molecule has 1 unspecified atom stereocenters. The molecule has 0 saturated carbocycles. The normalized spacial score (nSPS) is 13.4. The quantitative estimate of drug-likeness (QED) is 0.0261. The Balaban J connectivity index is 4.49. The van der Waals surface area contributed by atoms with E-state index in [0.29, 0.717) is 12.8 Å². The van der Waals surface area contributed by atoms with Gasteiger partial charge < -0.3 is 14.2 Å². The third kappa shape index (κ3) is 59.6. The van der Waals surface area contributed by atoms with Gasteiger partial charge in [-0.25, -0.2) is 0 Å².